The first kappa shape index (κ1) is 20.0. The van der Waals surface area contributed by atoms with Gasteiger partial charge in [0.05, 0.1) is 22.9 Å². The summed E-state index contributed by atoms with van der Waals surface area (Å²) in [6.07, 6.45) is 0. The maximum atomic E-state index is 13.0. The molecule has 1 N–H and O–H groups in total. The number of nitrogens with one attached hydrogen (secondary N) is 1. The Kier molecular flexibility index (Phi) is 5.77. The van der Waals surface area contributed by atoms with Crippen molar-refractivity contribution in [2.24, 2.45) is 0 Å². The maximum absolute atomic E-state index is 13.0. The fraction of sp³-hybridized carbons (Fsp3) is 0.208. The number of carbonyl (C=O) groups excluding carboxylic acids is 1. The molecule has 2 aromatic heterocycles. The third kappa shape index (κ3) is 4.19. The van der Waals surface area contributed by atoms with E-state index in [4.69, 9.17) is 0 Å². The quantitative estimate of drug-likeness (QED) is 0.486. The Labute approximate surface area is 180 Å². The lowest BCUT2D eigenvalue weighted by atomic mass is 10.1. The molecule has 0 atom stereocenters. The van der Waals surface area contributed by atoms with Crippen LogP contribution in [0.25, 0.3) is 11.3 Å². The van der Waals surface area contributed by atoms with Crippen LogP contribution in [-0.2, 0) is 13.1 Å². The molecule has 1 amide bonds. The van der Waals surface area contributed by atoms with Gasteiger partial charge in [-0.2, -0.15) is 5.10 Å². The van der Waals surface area contributed by atoms with Crippen LogP contribution in [0, 0.1) is 20.8 Å². The van der Waals surface area contributed by atoms with E-state index in [9.17, 15) is 4.79 Å². The highest BCUT2D eigenvalue weighted by Crippen LogP contribution is 2.28. The number of benzene rings is 2. The summed E-state index contributed by atoms with van der Waals surface area (Å²) in [6, 6.07) is 20.1. The number of aryl methyl sites for hydroxylation is 2. The van der Waals surface area contributed by atoms with E-state index in [0.29, 0.717) is 18.0 Å². The first-order valence-corrected chi connectivity index (χ1v) is 10.7. The molecule has 0 fully saturated rings. The van der Waals surface area contributed by atoms with Gasteiger partial charge in [0.2, 0.25) is 0 Å². The van der Waals surface area contributed by atoms with Gasteiger partial charge >= 0.3 is 0 Å². The van der Waals surface area contributed by atoms with Crippen molar-refractivity contribution >= 4 is 17.2 Å². The van der Waals surface area contributed by atoms with Crippen molar-refractivity contribution in [1.29, 1.82) is 0 Å². The van der Waals surface area contributed by atoms with E-state index in [1.807, 2.05) is 67.1 Å². The Morgan fingerprint density at radius 1 is 1.00 bits per heavy atom. The summed E-state index contributed by atoms with van der Waals surface area (Å²) < 4.78 is 2.00. The minimum absolute atomic E-state index is 0.103. The summed E-state index contributed by atoms with van der Waals surface area (Å²) in [4.78, 5) is 18.2. The fourth-order valence-corrected chi connectivity index (χ4v) is 4.38. The van der Waals surface area contributed by atoms with Crippen molar-refractivity contribution in [1.82, 2.24) is 20.1 Å². The number of nitrogens with zero attached hydrogens (tertiary/aromatic N) is 3. The van der Waals surface area contributed by atoms with Gasteiger partial charge < -0.3 is 5.32 Å². The van der Waals surface area contributed by atoms with Gasteiger partial charge in [0.1, 0.15) is 4.88 Å². The van der Waals surface area contributed by atoms with Gasteiger partial charge in [0.15, 0.2) is 0 Å². The number of aromatic nitrogens is 3. The average molecular weight is 417 g/mol. The van der Waals surface area contributed by atoms with Crippen LogP contribution in [-0.4, -0.2) is 20.7 Å². The van der Waals surface area contributed by atoms with Crippen LogP contribution in [0.1, 0.15) is 37.2 Å². The zero-order chi connectivity index (χ0) is 21.1. The zero-order valence-electron chi connectivity index (χ0n) is 17.3. The molecule has 0 saturated carbocycles. The van der Waals surface area contributed by atoms with Gasteiger partial charge in [-0.3, -0.25) is 9.48 Å². The second-order valence-corrected chi connectivity index (χ2v) is 8.46. The normalized spacial score (nSPS) is 10.9. The number of carbonyl (C=O) groups is 1. The van der Waals surface area contributed by atoms with Crippen LogP contribution in [0.4, 0.5) is 0 Å². The third-order valence-electron chi connectivity index (χ3n) is 5.12. The molecule has 30 heavy (non-hydrogen) atoms. The molecule has 4 rings (SSSR count). The highest BCUT2D eigenvalue weighted by molar-refractivity contribution is 7.14. The van der Waals surface area contributed by atoms with Crippen LogP contribution >= 0.6 is 11.3 Å². The van der Waals surface area contributed by atoms with Crippen LogP contribution in [0.15, 0.2) is 60.7 Å². The Morgan fingerprint density at radius 3 is 2.37 bits per heavy atom. The molecule has 2 aromatic carbocycles. The topological polar surface area (TPSA) is 59.8 Å². The Balaban J connectivity index is 1.51. The highest BCUT2D eigenvalue weighted by Gasteiger charge is 2.19. The average Bonchev–Trinajstić information content (AvgIpc) is 3.27. The molecular formula is C24H24N4OS. The lowest BCUT2D eigenvalue weighted by molar-refractivity contribution is 0.0955. The molecular weight excluding hydrogens is 392 g/mol. The molecule has 6 heteroatoms. The lowest BCUT2D eigenvalue weighted by Gasteiger charge is -2.08. The van der Waals surface area contributed by atoms with E-state index in [0.717, 1.165) is 33.2 Å². The SMILES string of the molecule is Cc1nc(-c2ccccc2)c(C(=O)NCc2c(C)nn(Cc3ccccc3)c2C)s1. The standard InChI is InChI=1S/C24H24N4OS/c1-16-21(17(2)28(27-16)15-19-10-6-4-7-11-19)14-25-24(29)23-22(26-18(3)30-23)20-12-8-5-9-13-20/h4-13H,14-15H2,1-3H3,(H,25,29). The van der Waals surface area contributed by atoms with Crippen LogP contribution < -0.4 is 5.32 Å². The van der Waals surface area contributed by atoms with Crippen molar-refractivity contribution in [3.8, 4) is 11.3 Å². The van der Waals surface area contributed by atoms with Gasteiger partial charge in [-0.05, 0) is 26.3 Å². The fourth-order valence-electron chi connectivity index (χ4n) is 3.52. The van der Waals surface area contributed by atoms with Gasteiger partial charge in [-0.15, -0.1) is 11.3 Å². The van der Waals surface area contributed by atoms with E-state index < -0.39 is 0 Å². The summed E-state index contributed by atoms with van der Waals surface area (Å²) in [5.41, 5.74) is 5.96. The van der Waals surface area contributed by atoms with Gasteiger partial charge in [0.25, 0.3) is 5.91 Å². The van der Waals surface area contributed by atoms with Gasteiger partial charge in [0, 0.05) is 23.4 Å². The summed E-state index contributed by atoms with van der Waals surface area (Å²) in [7, 11) is 0. The summed E-state index contributed by atoms with van der Waals surface area (Å²) in [5.74, 6) is -0.103. The van der Waals surface area contributed by atoms with Crippen molar-refractivity contribution < 1.29 is 4.79 Å². The number of hydrogen-bond donors (Lipinski definition) is 1. The molecule has 0 unspecified atom stereocenters. The van der Waals surface area contributed by atoms with Crippen molar-refractivity contribution in [2.75, 3.05) is 0 Å². The van der Waals surface area contributed by atoms with E-state index in [-0.39, 0.29) is 5.91 Å². The molecule has 5 nitrogen and oxygen atoms in total. The minimum atomic E-state index is -0.103. The molecule has 152 valence electrons. The Morgan fingerprint density at radius 2 is 1.67 bits per heavy atom. The second-order valence-electron chi connectivity index (χ2n) is 7.25. The van der Waals surface area contributed by atoms with Crippen LogP contribution in [0.3, 0.4) is 0 Å². The number of amides is 1. The minimum Gasteiger partial charge on any atom is -0.347 e. The number of thiazole rings is 1. The molecule has 4 aromatic rings. The first-order chi connectivity index (χ1) is 14.5. The molecule has 0 aliphatic heterocycles. The first-order valence-electron chi connectivity index (χ1n) is 9.91. The summed E-state index contributed by atoms with van der Waals surface area (Å²) in [6.45, 7) is 7.12. The second kappa shape index (κ2) is 8.63. The molecule has 0 radical (unpaired) electrons. The van der Waals surface area contributed by atoms with E-state index in [2.05, 4.69) is 34.5 Å². The molecule has 0 bridgehead atoms. The van der Waals surface area contributed by atoms with Crippen molar-refractivity contribution in [3.05, 3.63) is 93.1 Å². The van der Waals surface area contributed by atoms with Gasteiger partial charge in [-0.1, -0.05) is 60.7 Å². The molecule has 0 saturated heterocycles. The lowest BCUT2D eigenvalue weighted by Crippen LogP contribution is -2.23. The Hall–Kier alpha value is -3.25. The van der Waals surface area contributed by atoms with Crippen molar-refractivity contribution in [2.45, 2.75) is 33.9 Å². The predicted molar refractivity (Wildman–Crippen MR) is 121 cm³/mol. The van der Waals surface area contributed by atoms with E-state index in [1.54, 1.807) is 0 Å². The van der Waals surface area contributed by atoms with Crippen LogP contribution in [0.5, 0.6) is 0 Å². The van der Waals surface area contributed by atoms with Crippen LogP contribution in [0.2, 0.25) is 0 Å². The monoisotopic (exact) mass is 416 g/mol. The summed E-state index contributed by atoms with van der Waals surface area (Å²) in [5, 5.41) is 8.63. The largest absolute Gasteiger partial charge is 0.347 e. The van der Waals surface area contributed by atoms with Crippen molar-refractivity contribution in [3.63, 3.8) is 0 Å². The zero-order valence-corrected chi connectivity index (χ0v) is 18.2. The smallest absolute Gasteiger partial charge is 0.263 e. The molecule has 0 aliphatic carbocycles. The highest BCUT2D eigenvalue weighted by atomic mass is 32.1. The number of hydrogen-bond acceptors (Lipinski definition) is 4. The maximum Gasteiger partial charge on any atom is 0.263 e. The number of rotatable bonds is 6. The Bertz CT molecular complexity index is 1160. The third-order valence-corrected chi connectivity index (χ3v) is 6.09. The molecule has 2 heterocycles. The predicted octanol–water partition coefficient (Wildman–Crippen LogP) is 4.91. The van der Waals surface area contributed by atoms with Gasteiger partial charge in [-0.25, -0.2) is 4.98 Å². The molecule has 0 aliphatic rings. The van der Waals surface area contributed by atoms with E-state index in [1.165, 1.54) is 16.9 Å². The molecule has 0 spiro atoms. The van der Waals surface area contributed by atoms with E-state index >= 15 is 0 Å². The summed E-state index contributed by atoms with van der Waals surface area (Å²) >= 11 is 1.42.